The molecule has 0 aliphatic carbocycles. The number of unbranched alkanes of at least 4 members (excludes halogenated alkanes) is 1. The molecule has 2 heterocycles. The maximum atomic E-state index is 11.8. The van der Waals surface area contributed by atoms with Crippen molar-refractivity contribution < 1.29 is 19.4 Å². The highest BCUT2D eigenvalue weighted by Gasteiger charge is 2.29. The Labute approximate surface area is 252 Å². The number of ether oxygens (including phenoxy) is 2. The number of halogens is 1. The van der Waals surface area contributed by atoms with Crippen LogP contribution in [0.15, 0.2) is 72.8 Å². The number of carboxylic acids is 1. The van der Waals surface area contributed by atoms with Gasteiger partial charge in [-0.25, -0.2) is 4.98 Å². The van der Waals surface area contributed by atoms with Gasteiger partial charge in [-0.3, -0.25) is 9.69 Å². The number of benzene rings is 3. The fourth-order valence-corrected chi connectivity index (χ4v) is 5.45. The molecule has 220 valence electrons. The Morgan fingerprint density at radius 1 is 0.952 bits per heavy atom. The van der Waals surface area contributed by atoms with Gasteiger partial charge in [-0.2, -0.15) is 0 Å². The second kappa shape index (κ2) is 13.0. The molecule has 0 spiro atoms. The first kappa shape index (κ1) is 29.7. The molecule has 0 fully saturated rings. The van der Waals surface area contributed by atoms with E-state index in [0.29, 0.717) is 38.0 Å². The number of fused-ring (bicyclic) bond motifs is 1. The summed E-state index contributed by atoms with van der Waals surface area (Å²) >= 11 is 6.87. The first-order chi connectivity index (χ1) is 20.3. The van der Waals surface area contributed by atoms with Gasteiger partial charge in [0.25, 0.3) is 0 Å². The molecule has 1 aliphatic rings. The molecule has 7 nitrogen and oxygen atoms in total. The molecule has 1 aliphatic heterocycles. The van der Waals surface area contributed by atoms with E-state index >= 15 is 0 Å². The van der Waals surface area contributed by atoms with Gasteiger partial charge in [0.05, 0.1) is 11.1 Å². The van der Waals surface area contributed by atoms with E-state index < -0.39 is 11.4 Å². The first-order valence-electron chi connectivity index (χ1n) is 14.5. The van der Waals surface area contributed by atoms with Crippen molar-refractivity contribution in [2.75, 3.05) is 13.2 Å². The molecule has 0 unspecified atom stereocenters. The summed E-state index contributed by atoms with van der Waals surface area (Å²) in [5, 5.41) is 10.2. The normalized spacial score (nSPS) is 13.0. The number of hydrogen-bond donors (Lipinski definition) is 1. The highest BCUT2D eigenvalue weighted by atomic mass is 35.5. The second-order valence-corrected chi connectivity index (χ2v) is 11.7. The van der Waals surface area contributed by atoms with Crippen LogP contribution in [0, 0.1) is 0 Å². The van der Waals surface area contributed by atoms with Gasteiger partial charge in [0.2, 0.25) is 0 Å². The van der Waals surface area contributed by atoms with E-state index in [1.54, 1.807) is 13.8 Å². The number of carboxylic acid groups (broad SMARTS) is 1. The minimum Gasteiger partial charge on any atom is -0.486 e. The Bertz CT molecular complexity index is 1520. The van der Waals surface area contributed by atoms with E-state index in [-0.39, 0.29) is 0 Å². The lowest BCUT2D eigenvalue weighted by atomic mass is 9.84. The Morgan fingerprint density at radius 3 is 2.31 bits per heavy atom. The first-order valence-corrected chi connectivity index (χ1v) is 14.9. The van der Waals surface area contributed by atoms with E-state index in [0.717, 1.165) is 64.7 Å². The van der Waals surface area contributed by atoms with Gasteiger partial charge in [-0.1, -0.05) is 85.6 Å². The molecule has 0 saturated heterocycles. The standard InChI is InChI=1S/C34H38ClN3O4/c1-4-5-17-38-28(31(35)36-32(38)26-9-7-6-8-10-26)23-37(22-25-13-16-29-30(20-25)42-19-18-41-29)21-24-11-14-27(15-12-24)34(2,3)33(39)40/h6-16,20H,4-5,17-19,21-23H2,1-3H3,(H,39,40). The maximum Gasteiger partial charge on any atom is 0.313 e. The minimum atomic E-state index is -0.962. The third-order valence-electron chi connectivity index (χ3n) is 7.79. The zero-order valence-corrected chi connectivity index (χ0v) is 25.2. The molecule has 0 saturated carbocycles. The SMILES string of the molecule is CCCCn1c(-c2ccccc2)nc(Cl)c1CN(Cc1ccc(C(C)(C)C(=O)O)cc1)Cc1ccc2c(c1)OCCO2. The number of aromatic nitrogens is 2. The van der Waals surface area contributed by atoms with Gasteiger partial charge in [-0.05, 0) is 49.1 Å². The Balaban J connectivity index is 1.48. The van der Waals surface area contributed by atoms with Crippen LogP contribution in [0.25, 0.3) is 11.4 Å². The average molecular weight is 588 g/mol. The molecule has 0 amide bonds. The number of imidazole rings is 1. The third kappa shape index (κ3) is 6.63. The van der Waals surface area contributed by atoms with E-state index in [2.05, 4.69) is 34.6 Å². The van der Waals surface area contributed by atoms with Gasteiger partial charge in [0.1, 0.15) is 19.0 Å². The van der Waals surface area contributed by atoms with Crippen LogP contribution in [0.2, 0.25) is 5.15 Å². The van der Waals surface area contributed by atoms with Gasteiger partial charge in [0.15, 0.2) is 16.7 Å². The number of hydrogen-bond acceptors (Lipinski definition) is 5. The van der Waals surface area contributed by atoms with Crippen molar-refractivity contribution in [3.8, 4) is 22.9 Å². The highest BCUT2D eigenvalue weighted by molar-refractivity contribution is 6.30. The molecule has 3 aromatic carbocycles. The number of aliphatic carboxylic acids is 1. The van der Waals surface area contributed by atoms with Crippen LogP contribution in [-0.4, -0.2) is 38.7 Å². The Hall–Kier alpha value is -3.81. The predicted octanol–water partition coefficient (Wildman–Crippen LogP) is 7.34. The summed E-state index contributed by atoms with van der Waals surface area (Å²) in [6, 6.07) is 24.1. The zero-order chi connectivity index (χ0) is 29.7. The molecule has 4 aromatic rings. The summed E-state index contributed by atoms with van der Waals surface area (Å²) in [5.41, 5.74) is 4.00. The lowest BCUT2D eigenvalue weighted by Crippen LogP contribution is -2.28. The summed E-state index contributed by atoms with van der Waals surface area (Å²) in [6.45, 7) is 9.41. The number of nitrogens with zero attached hydrogens (tertiary/aromatic N) is 3. The second-order valence-electron chi connectivity index (χ2n) is 11.3. The van der Waals surface area contributed by atoms with E-state index in [9.17, 15) is 9.90 Å². The van der Waals surface area contributed by atoms with Crippen LogP contribution in [-0.2, 0) is 36.4 Å². The van der Waals surface area contributed by atoms with E-state index in [4.69, 9.17) is 26.1 Å². The maximum absolute atomic E-state index is 11.8. The van der Waals surface area contributed by atoms with Gasteiger partial charge in [-0.15, -0.1) is 0 Å². The fourth-order valence-electron chi connectivity index (χ4n) is 5.20. The fraction of sp³-hybridized carbons (Fsp3) is 0.353. The molecule has 1 N–H and O–H groups in total. The van der Waals surface area contributed by atoms with Gasteiger partial charge in [0, 0.05) is 31.7 Å². The molecule has 0 bridgehead atoms. The van der Waals surface area contributed by atoms with Crippen LogP contribution in [0.5, 0.6) is 11.5 Å². The smallest absolute Gasteiger partial charge is 0.313 e. The summed E-state index contributed by atoms with van der Waals surface area (Å²) in [6.07, 6.45) is 2.08. The van der Waals surface area contributed by atoms with Crippen LogP contribution in [0.1, 0.15) is 56.0 Å². The van der Waals surface area contributed by atoms with E-state index in [1.807, 2.05) is 54.6 Å². The third-order valence-corrected chi connectivity index (χ3v) is 8.10. The number of rotatable bonds is 12. The van der Waals surface area contributed by atoms with Crippen LogP contribution >= 0.6 is 11.6 Å². The largest absolute Gasteiger partial charge is 0.486 e. The molecule has 1 aromatic heterocycles. The van der Waals surface area contributed by atoms with E-state index in [1.165, 1.54) is 0 Å². The van der Waals surface area contributed by atoms with Crippen LogP contribution < -0.4 is 9.47 Å². The van der Waals surface area contributed by atoms with Crippen molar-refractivity contribution in [2.24, 2.45) is 0 Å². The average Bonchev–Trinajstić information content (AvgIpc) is 3.30. The molecule has 5 rings (SSSR count). The van der Waals surface area contributed by atoms with Crippen LogP contribution in [0.3, 0.4) is 0 Å². The Kier molecular flexibility index (Phi) is 9.19. The highest BCUT2D eigenvalue weighted by Crippen LogP contribution is 2.33. The summed E-state index contributed by atoms with van der Waals surface area (Å²) in [7, 11) is 0. The minimum absolute atomic E-state index is 0.510. The molecule has 0 radical (unpaired) electrons. The lowest BCUT2D eigenvalue weighted by Gasteiger charge is -2.26. The van der Waals surface area contributed by atoms with Crippen molar-refractivity contribution in [1.82, 2.24) is 14.5 Å². The van der Waals surface area contributed by atoms with Crippen LogP contribution in [0.4, 0.5) is 0 Å². The molecular formula is C34H38ClN3O4. The predicted molar refractivity (Wildman–Crippen MR) is 165 cm³/mol. The van der Waals surface area contributed by atoms with Crippen molar-refractivity contribution >= 4 is 17.6 Å². The number of carbonyl (C=O) groups is 1. The lowest BCUT2D eigenvalue weighted by molar-refractivity contribution is -0.142. The van der Waals surface area contributed by atoms with Gasteiger partial charge >= 0.3 is 5.97 Å². The molecule has 8 heteroatoms. The molecular weight excluding hydrogens is 550 g/mol. The molecule has 0 atom stereocenters. The Morgan fingerprint density at radius 2 is 1.62 bits per heavy atom. The van der Waals surface area contributed by atoms with Crippen molar-refractivity contribution in [1.29, 1.82) is 0 Å². The summed E-state index contributed by atoms with van der Waals surface area (Å²) in [5.74, 6) is 1.56. The summed E-state index contributed by atoms with van der Waals surface area (Å²) in [4.78, 5) is 18.9. The monoisotopic (exact) mass is 587 g/mol. The van der Waals surface area contributed by atoms with Crippen molar-refractivity contribution in [3.63, 3.8) is 0 Å². The van der Waals surface area contributed by atoms with Gasteiger partial charge < -0.3 is 19.1 Å². The molecule has 42 heavy (non-hydrogen) atoms. The quantitative estimate of drug-likeness (QED) is 0.187. The topological polar surface area (TPSA) is 76.8 Å². The van der Waals surface area contributed by atoms with Crippen molar-refractivity contribution in [3.05, 3.63) is 100 Å². The van der Waals surface area contributed by atoms with Crippen molar-refractivity contribution in [2.45, 2.75) is 65.2 Å². The zero-order valence-electron chi connectivity index (χ0n) is 24.5. The summed E-state index contributed by atoms with van der Waals surface area (Å²) < 4.78 is 13.8.